The van der Waals surface area contributed by atoms with E-state index in [0.717, 1.165) is 24.8 Å². The van der Waals surface area contributed by atoms with E-state index < -0.39 is 10.0 Å². The highest BCUT2D eigenvalue weighted by atomic mass is 32.2. The maximum Gasteiger partial charge on any atom is 0.238 e. The molecule has 0 saturated carbocycles. The van der Waals surface area contributed by atoms with Crippen molar-refractivity contribution in [1.29, 1.82) is 0 Å². The van der Waals surface area contributed by atoms with Gasteiger partial charge in [0.15, 0.2) is 0 Å². The van der Waals surface area contributed by atoms with Gasteiger partial charge in [0.05, 0.1) is 4.90 Å². The lowest BCUT2D eigenvalue weighted by molar-refractivity contribution is -0.121. The van der Waals surface area contributed by atoms with Gasteiger partial charge in [0.1, 0.15) is 0 Å². The molecule has 112 valence electrons. The third kappa shape index (κ3) is 6.16. The Morgan fingerprint density at radius 2 is 1.85 bits per heavy atom. The van der Waals surface area contributed by atoms with Crippen molar-refractivity contribution < 1.29 is 13.2 Å². The van der Waals surface area contributed by atoms with Crippen LogP contribution < -0.4 is 10.5 Å². The molecule has 0 aliphatic rings. The second-order valence-electron chi connectivity index (χ2n) is 4.75. The highest BCUT2D eigenvalue weighted by molar-refractivity contribution is 7.89. The SMILES string of the molecule is CCCCCC(=O)NCCc1ccc(S(N)(=O)=O)cc1. The van der Waals surface area contributed by atoms with Crippen molar-refractivity contribution in [2.24, 2.45) is 5.14 Å². The molecule has 0 unspecified atom stereocenters. The molecule has 0 bridgehead atoms. The Morgan fingerprint density at radius 1 is 1.20 bits per heavy atom. The molecule has 0 radical (unpaired) electrons. The van der Waals surface area contributed by atoms with Gasteiger partial charge in [-0.25, -0.2) is 13.6 Å². The fourth-order valence-electron chi connectivity index (χ4n) is 1.82. The lowest BCUT2D eigenvalue weighted by Gasteiger charge is -2.06. The lowest BCUT2D eigenvalue weighted by Crippen LogP contribution is -2.25. The fraction of sp³-hybridized carbons (Fsp3) is 0.500. The number of nitrogens with two attached hydrogens (primary N) is 1. The van der Waals surface area contributed by atoms with E-state index in [1.165, 1.54) is 12.1 Å². The van der Waals surface area contributed by atoms with Gasteiger partial charge < -0.3 is 5.32 Å². The summed E-state index contributed by atoms with van der Waals surface area (Å²) in [6.07, 6.45) is 4.33. The van der Waals surface area contributed by atoms with Gasteiger partial charge in [-0.2, -0.15) is 0 Å². The number of hydrogen-bond donors (Lipinski definition) is 2. The zero-order valence-corrected chi connectivity index (χ0v) is 12.6. The molecule has 20 heavy (non-hydrogen) atoms. The molecule has 5 nitrogen and oxygen atoms in total. The summed E-state index contributed by atoms with van der Waals surface area (Å²) >= 11 is 0. The number of hydrogen-bond acceptors (Lipinski definition) is 3. The van der Waals surface area contributed by atoms with E-state index in [2.05, 4.69) is 12.2 Å². The fourth-order valence-corrected chi connectivity index (χ4v) is 2.33. The molecule has 6 heteroatoms. The molecule has 1 aromatic carbocycles. The summed E-state index contributed by atoms with van der Waals surface area (Å²) in [5, 5.41) is 7.87. The van der Waals surface area contributed by atoms with Crippen molar-refractivity contribution in [2.75, 3.05) is 6.54 Å². The molecule has 0 aliphatic heterocycles. The van der Waals surface area contributed by atoms with Crippen LogP contribution >= 0.6 is 0 Å². The van der Waals surface area contributed by atoms with Crippen LogP contribution in [0.1, 0.15) is 38.2 Å². The van der Waals surface area contributed by atoms with Crippen molar-refractivity contribution in [3.05, 3.63) is 29.8 Å². The molecule has 0 aliphatic carbocycles. The Labute approximate surface area is 120 Å². The van der Waals surface area contributed by atoms with Crippen molar-refractivity contribution in [1.82, 2.24) is 5.32 Å². The van der Waals surface area contributed by atoms with E-state index in [0.29, 0.717) is 19.4 Å². The van der Waals surface area contributed by atoms with Crippen LogP contribution in [0, 0.1) is 0 Å². The zero-order chi connectivity index (χ0) is 15.0. The number of sulfonamides is 1. The maximum atomic E-state index is 11.5. The van der Waals surface area contributed by atoms with Crippen molar-refractivity contribution >= 4 is 15.9 Å². The number of rotatable bonds is 8. The first kappa shape index (κ1) is 16.7. The molecule has 1 rings (SSSR count). The van der Waals surface area contributed by atoms with Gasteiger partial charge in [0.25, 0.3) is 0 Å². The summed E-state index contributed by atoms with van der Waals surface area (Å²) in [7, 11) is -3.64. The first-order chi connectivity index (χ1) is 9.43. The van der Waals surface area contributed by atoms with E-state index in [9.17, 15) is 13.2 Å². The molecular weight excluding hydrogens is 276 g/mol. The van der Waals surface area contributed by atoms with Crippen LogP contribution in [-0.2, 0) is 21.2 Å². The van der Waals surface area contributed by atoms with E-state index >= 15 is 0 Å². The number of nitrogens with one attached hydrogen (secondary N) is 1. The normalized spacial score (nSPS) is 11.3. The van der Waals surface area contributed by atoms with Gasteiger partial charge in [0, 0.05) is 13.0 Å². The minimum Gasteiger partial charge on any atom is -0.356 e. The summed E-state index contributed by atoms with van der Waals surface area (Å²) in [6.45, 7) is 2.66. The average Bonchev–Trinajstić information content (AvgIpc) is 2.38. The highest BCUT2D eigenvalue weighted by Crippen LogP contribution is 2.09. The van der Waals surface area contributed by atoms with Crippen molar-refractivity contribution in [2.45, 2.75) is 43.9 Å². The Morgan fingerprint density at radius 3 is 2.40 bits per heavy atom. The summed E-state index contributed by atoms with van der Waals surface area (Å²) < 4.78 is 22.2. The molecular formula is C14H22N2O3S. The number of carbonyl (C=O) groups is 1. The largest absolute Gasteiger partial charge is 0.356 e. The summed E-state index contributed by atoms with van der Waals surface area (Å²) in [5.74, 6) is 0.0691. The lowest BCUT2D eigenvalue weighted by atomic mass is 10.1. The second kappa shape index (κ2) is 8.01. The Hall–Kier alpha value is -1.40. The van der Waals surface area contributed by atoms with Gasteiger partial charge in [0.2, 0.25) is 15.9 Å². The minimum atomic E-state index is -3.64. The van der Waals surface area contributed by atoms with Crippen LogP contribution in [0.3, 0.4) is 0 Å². The van der Waals surface area contributed by atoms with Crippen LogP contribution in [-0.4, -0.2) is 20.9 Å². The smallest absolute Gasteiger partial charge is 0.238 e. The van der Waals surface area contributed by atoms with Gasteiger partial charge in [-0.05, 0) is 30.5 Å². The number of amides is 1. The molecule has 3 N–H and O–H groups in total. The zero-order valence-electron chi connectivity index (χ0n) is 11.8. The maximum absolute atomic E-state index is 11.5. The van der Waals surface area contributed by atoms with Gasteiger partial charge in [-0.15, -0.1) is 0 Å². The number of benzene rings is 1. The number of unbranched alkanes of at least 4 members (excludes halogenated alkanes) is 2. The average molecular weight is 298 g/mol. The summed E-state index contributed by atoms with van der Waals surface area (Å²) in [4.78, 5) is 11.6. The summed E-state index contributed by atoms with van der Waals surface area (Å²) in [6, 6.07) is 6.38. The van der Waals surface area contributed by atoms with Gasteiger partial charge in [-0.1, -0.05) is 31.9 Å². The van der Waals surface area contributed by atoms with E-state index in [-0.39, 0.29) is 10.8 Å². The van der Waals surface area contributed by atoms with Gasteiger partial charge >= 0.3 is 0 Å². The van der Waals surface area contributed by atoms with Crippen LogP contribution in [0.2, 0.25) is 0 Å². The van der Waals surface area contributed by atoms with E-state index in [4.69, 9.17) is 5.14 Å². The predicted octanol–water partition coefficient (Wildman–Crippen LogP) is 1.57. The van der Waals surface area contributed by atoms with Crippen LogP contribution in [0.4, 0.5) is 0 Å². The highest BCUT2D eigenvalue weighted by Gasteiger charge is 2.06. The van der Waals surface area contributed by atoms with E-state index in [1.54, 1.807) is 12.1 Å². The monoisotopic (exact) mass is 298 g/mol. The van der Waals surface area contributed by atoms with Crippen LogP contribution in [0.5, 0.6) is 0 Å². The van der Waals surface area contributed by atoms with Crippen LogP contribution in [0.15, 0.2) is 29.2 Å². The first-order valence-corrected chi connectivity index (χ1v) is 8.36. The van der Waals surface area contributed by atoms with Crippen LogP contribution in [0.25, 0.3) is 0 Å². The summed E-state index contributed by atoms with van der Waals surface area (Å²) in [5.41, 5.74) is 0.964. The molecule has 0 saturated heterocycles. The topological polar surface area (TPSA) is 89.3 Å². The van der Waals surface area contributed by atoms with E-state index in [1.807, 2.05) is 0 Å². The Bertz CT molecular complexity index is 524. The Kier molecular flexibility index (Phi) is 6.67. The molecule has 1 amide bonds. The second-order valence-corrected chi connectivity index (χ2v) is 6.31. The third-order valence-corrected chi connectivity index (χ3v) is 3.92. The Balaban J connectivity index is 2.34. The van der Waals surface area contributed by atoms with Crippen molar-refractivity contribution in [3.8, 4) is 0 Å². The predicted molar refractivity (Wildman–Crippen MR) is 78.7 cm³/mol. The molecule has 0 atom stereocenters. The molecule has 0 spiro atoms. The number of primary sulfonamides is 1. The van der Waals surface area contributed by atoms with Crippen molar-refractivity contribution in [3.63, 3.8) is 0 Å². The third-order valence-electron chi connectivity index (χ3n) is 3.00. The first-order valence-electron chi connectivity index (χ1n) is 6.82. The minimum absolute atomic E-state index is 0.0691. The number of carbonyl (C=O) groups excluding carboxylic acids is 1. The molecule has 1 aromatic rings. The standard InChI is InChI=1S/C14H22N2O3S/c1-2-3-4-5-14(17)16-11-10-12-6-8-13(9-7-12)20(15,18)19/h6-9H,2-5,10-11H2,1H3,(H,16,17)(H2,15,18,19). The quantitative estimate of drug-likeness (QED) is 0.714. The molecule has 0 aromatic heterocycles. The van der Waals surface area contributed by atoms with Gasteiger partial charge in [-0.3, -0.25) is 4.79 Å². The molecule has 0 fully saturated rings. The molecule has 0 heterocycles.